The fourth-order valence-corrected chi connectivity index (χ4v) is 1.48. The Hall–Kier alpha value is -2.30. The van der Waals surface area contributed by atoms with E-state index in [4.69, 9.17) is 9.26 Å². The molecule has 1 aromatic carbocycles. The van der Waals surface area contributed by atoms with E-state index in [1.165, 1.54) is 12.3 Å². The van der Waals surface area contributed by atoms with Gasteiger partial charge in [0.25, 0.3) is 0 Å². The Bertz CT molecular complexity index is 533. The number of carbonyl (C=O) groups is 1. The molecule has 0 saturated carbocycles. The van der Waals surface area contributed by atoms with Crippen LogP contribution < -0.4 is 4.74 Å². The van der Waals surface area contributed by atoms with Crippen molar-refractivity contribution in [1.29, 1.82) is 0 Å². The minimum atomic E-state index is 0.0479. The Kier molecular flexibility index (Phi) is 3.09. The number of aromatic nitrogens is 1. The molecule has 2 aromatic rings. The molecule has 0 bridgehead atoms. The number of rotatable bonds is 4. The van der Waals surface area contributed by atoms with Crippen LogP contribution in [-0.2, 0) is 0 Å². The van der Waals surface area contributed by atoms with Gasteiger partial charge in [-0.05, 0) is 25.1 Å². The van der Waals surface area contributed by atoms with Crippen LogP contribution in [0.25, 0.3) is 11.3 Å². The molecule has 0 aliphatic rings. The van der Waals surface area contributed by atoms with Gasteiger partial charge in [-0.25, -0.2) is 0 Å². The first kappa shape index (κ1) is 11.2. The Morgan fingerprint density at radius 2 is 2.35 bits per heavy atom. The van der Waals surface area contributed by atoms with E-state index in [0.29, 0.717) is 35.5 Å². The topological polar surface area (TPSA) is 72.6 Å². The maximum Gasteiger partial charge on any atom is 0.161 e. The van der Waals surface area contributed by atoms with Crippen LogP contribution in [-0.4, -0.2) is 23.2 Å². The third-order valence-electron chi connectivity index (χ3n) is 2.26. The summed E-state index contributed by atoms with van der Waals surface area (Å²) in [5.74, 6) is 0.400. The Balaban J connectivity index is 2.46. The lowest BCUT2D eigenvalue weighted by Crippen LogP contribution is -1.93. The Morgan fingerprint density at radius 3 is 3.06 bits per heavy atom. The van der Waals surface area contributed by atoms with E-state index in [9.17, 15) is 9.90 Å². The summed E-state index contributed by atoms with van der Waals surface area (Å²) in [6, 6.07) is 4.75. The van der Waals surface area contributed by atoms with Gasteiger partial charge in [0.15, 0.2) is 17.8 Å². The van der Waals surface area contributed by atoms with Crippen molar-refractivity contribution < 1.29 is 19.2 Å². The summed E-state index contributed by atoms with van der Waals surface area (Å²) in [6.45, 7) is 2.26. The van der Waals surface area contributed by atoms with Gasteiger partial charge in [0, 0.05) is 5.56 Å². The van der Waals surface area contributed by atoms with E-state index < -0.39 is 0 Å². The highest BCUT2D eigenvalue weighted by molar-refractivity contribution is 5.85. The molecule has 0 radical (unpaired) electrons. The van der Waals surface area contributed by atoms with Crippen LogP contribution in [0.2, 0.25) is 0 Å². The fraction of sp³-hybridized carbons (Fsp3) is 0.167. The van der Waals surface area contributed by atoms with Crippen molar-refractivity contribution in [2.75, 3.05) is 6.61 Å². The summed E-state index contributed by atoms with van der Waals surface area (Å²) in [6.07, 6.45) is 1.94. The maximum atomic E-state index is 10.8. The van der Waals surface area contributed by atoms with E-state index in [1.54, 1.807) is 12.1 Å². The third-order valence-corrected chi connectivity index (χ3v) is 2.26. The summed E-state index contributed by atoms with van der Waals surface area (Å²) in [5.41, 5.74) is 1.45. The van der Waals surface area contributed by atoms with Crippen molar-refractivity contribution in [3.05, 3.63) is 30.0 Å². The minimum Gasteiger partial charge on any atom is -0.504 e. The summed E-state index contributed by atoms with van der Waals surface area (Å²) in [7, 11) is 0. The number of hydrogen-bond donors (Lipinski definition) is 1. The number of nitrogens with zero attached hydrogens (tertiary/aromatic N) is 1. The lowest BCUT2D eigenvalue weighted by atomic mass is 10.1. The molecule has 17 heavy (non-hydrogen) atoms. The van der Waals surface area contributed by atoms with Crippen molar-refractivity contribution >= 4 is 6.29 Å². The summed E-state index contributed by atoms with van der Waals surface area (Å²) >= 11 is 0. The molecule has 0 saturated heterocycles. The summed E-state index contributed by atoms with van der Waals surface area (Å²) < 4.78 is 9.99. The minimum absolute atomic E-state index is 0.0479. The van der Waals surface area contributed by atoms with E-state index in [2.05, 4.69) is 5.16 Å². The molecule has 1 aromatic heterocycles. The zero-order valence-corrected chi connectivity index (χ0v) is 9.21. The monoisotopic (exact) mass is 233 g/mol. The average Bonchev–Trinajstić information content (AvgIpc) is 2.80. The second-order valence-electron chi connectivity index (χ2n) is 3.35. The highest BCUT2D eigenvalue weighted by Crippen LogP contribution is 2.32. The van der Waals surface area contributed by atoms with E-state index in [1.807, 2.05) is 6.92 Å². The molecule has 0 amide bonds. The van der Waals surface area contributed by atoms with Crippen LogP contribution in [0, 0.1) is 0 Å². The Morgan fingerprint density at radius 1 is 1.53 bits per heavy atom. The lowest BCUT2D eigenvalue weighted by molar-refractivity contribution is 0.112. The van der Waals surface area contributed by atoms with Crippen LogP contribution in [0.3, 0.4) is 0 Å². The molecule has 5 nitrogen and oxygen atoms in total. The van der Waals surface area contributed by atoms with E-state index in [-0.39, 0.29) is 5.75 Å². The molecule has 0 unspecified atom stereocenters. The van der Waals surface area contributed by atoms with Crippen LogP contribution in [0.15, 0.2) is 29.0 Å². The normalized spacial score (nSPS) is 10.2. The van der Waals surface area contributed by atoms with Crippen LogP contribution in [0.5, 0.6) is 11.5 Å². The largest absolute Gasteiger partial charge is 0.504 e. The van der Waals surface area contributed by atoms with Gasteiger partial charge < -0.3 is 14.4 Å². The lowest BCUT2D eigenvalue weighted by Gasteiger charge is -2.06. The SMILES string of the molecule is CCOc1cc(-c2nocc2C=O)ccc1O. The van der Waals surface area contributed by atoms with Crippen LogP contribution >= 0.6 is 0 Å². The number of aromatic hydroxyl groups is 1. The molecule has 0 aliphatic heterocycles. The van der Waals surface area contributed by atoms with Gasteiger partial charge in [-0.1, -0.05) is 5.16 Å². The van der Waals surface area contributed by atoms with Gasteiger partial charge in [-0.3, -0.25) is 4.79 Å². The van der Waals surface area contributed by atoms with Crippen molar-refractivity contribution in [1.82, 2.24) is 5.16 Å². The van der Waals surface area contributed by atoms with Gasteiger partial charge in [0.2, 0.25) is 0 Å². The number of carbonyl (C=O) groups excluding carboxylic acids is 1. The number of hydrogen-bond acceptors (Lipinski definition) is 5. The smallest absolute Gasteiger partial charge is 0.161 e. The molecule has 0 aliphatic carbocycles. The predicted molar refractivity (Wildman–Crippen MR) is 60.2 cm³/mol. The molecular formula is C12H11NO4. The number of aldehydes is 1. The second-order valence-corrected chi connectivity index (χ2v) is 3.35. The first-order valence-electron chi connectivity index (χ1n) is 5.12. The van der Waals surface area contributed by atoms with Gasteiger partial charge in [-0.15, -0.1) is 0 Å². The molecule has 0 atom stereocenters. The first-order chi connectivity index (χ1) is 8.26. The number of ether oxygens (including phenoxy) is 1. The first-order valence-corrected chi connectivity index (χ1v) is 5.12. The molecule has 1 heterocycles. The van der Waals surface area contributed by atoms with Gasteiger partial charge >= 0.3 is 0 Å². The number of phenolic OH excluding ortho intramolecular Hbond substituents is 1. The van der Waals surface area contributed by atoms with E-state index >= 15 is 0 Å². The molecule has 1 N–H and O–H groups in total. The molecule has 0 fully saturated rings. The summed E-state index contributed by atoms with van der Waals surface area (Å²) in [5, 5.41) is 13.3. The van der Waals surface area contributed by atoms with Crippen molar-refractivity contribution in [2.45, 2.75) is 6.92 Å². The van der Waals surface area contributed by atoms with Crippen LogP contribution in [0.4, 0.5) is 0 Å². The standard InChI is InChI=1S/C12H11NO4/c1-2-16-11-5-8(3-4-10(11)15)12-9(6-14)7-17-13-12/h3-7,15H,2H2,1H3. The highest BCUT2D eigenvalue weighted by atomic mass is 16.5. The average molecular weight is 233 g/mol. The molecular weight excluding hydrogens is 222 g/mol. The molecule has 2 rings (SSSR count). The predicted octanol–water partition coefficient (Wildman–Crippen LogP) is 2.26. The van der Waals surface area contributed by atoms with Crippen molar-refractivity contribution in [3.8, 4) is 22.8 Å². The highest BCUT2D eigenvalue weighted by Gasteiger charge is 2.12. The molecule has 5 heteroatoms. The Labute approximate surface area is 97.6 Å². The summed E-state index contributed by atoms with van der Waals surface area (Å²) in [4.78, 5) is 10.8. The fourth-order valence-electron chi connectivity index (χ4n) is 1.48. The van der Waals surface area contributed by atoms with Gasteiger partial charge in [-0.2, -0.15) is 0 Å². The van der Waals surface area contributed by atoms with E-state index in [0.717, 1.165) is 0 Å². The number of phenols is 1. The molecule has 88 valence electrons. The zero-order chi connectivity index (χ0) is 12.3. The van der Waals surface area contributed by atoms with Gasteiger partial charge in [0.05, 0.1) is 12.2 Å². The zero-order valence-electron chi connectivity index (χ0n) is 9.21. The van der Waals surface area contributed by atoms with Crippen molar-refractivity contribution in [2.24, 2.45) is 0 Å². The third kappa shape index (κ3) is 2.13. The maximum absolute atomic E-state index is 10.8. The molecule has 0 spiro atoms. The quantitative estimate of drug-likeness (QED) is 0.820. The van der Waals surface area contributed by atoms with Crippen molar-refractivity contribution in [3.63, 3.8) is 0 Å². The van der Waals surface area contributed by atoms with Crippen LogP contribution in [0.1, 0.15) is 17.3 Å². The number of benzene rings is 1. The second kappa shape index (κ2) is 4.69. The van der Waals surface area contributed by atoms with Gasteiger partial charge in [0.1, 0.15) is 12.0 Å².